The van der Waals surface area contributed by atoms with E-state index in [0.29, 0.717) is 6.42 Å². The van der Waals surface area contributed by atoms with Crippen molar-refractivity contribution in [2.75, 3.05) is 6.61 Å². The number of nitrogens with two attached hydrogens (primary N) is 1. The van der Waals surface area contributed by atoms with Gasteiger partial charge in [-0.05, 0) is 31.9 Å². The summed E-state index contributed by atoms with van der Waals surface area (Å²) >= 11 is 3.46. The minimum absolute atomic E-state index is 0.0668. The summed E-state index contributed by atoms with van der Waals surface area (Å²) in [6, 6.07) is 6.35. The molecule has 0 fully saturated rings. The predicted octanol–water partition coefficient (Wildman–Crippen LogP) is 2.52. The maximum absolute atomic E-state index is 11.0. The third-order valence-electron chi connectivity index (χ3n) is 3.24. The molecule has 1 heterocycles. The van der Waals surface area contributed by atoms with Crippen LogP contribution in [0.1, 0.15) is 37.8 Å². The molecular weight excluding hydrogens is 308 g/mol. The van der Waals surface area contributed by atoms with Crippen molar-refractivity contribution in [2.45, 2.75) is 38.3 Å². The third kappa shape index (κ3) is 3.94. The van der Waals surface area contributed by atoms with Crippen LogP contribution in [0, 0.1) is 0 Å². The number of benzene rings is 1. The fourth-order valence-electron chi connectivity index (χ4n) is 2.42. The summed E-state index contributed by atoms with van der Waals surface area (Å²) in [5, 5.41) is 3.47. The monoisotopic (exact) mass is 326 g/mol. The van der Waals surface area contributed by atoms with Crippen molar-refractivity contribution in [3.8, 4) is 5.75 Å². The van der Waals surface area contributed by atoms with E-state index in [0.717, 1.165) is 35.2 Å². The summed E-state index contributed by atoms with van der Waals surface area (Å²) in [5.41, 5.74) is 6.38. The molecule has 0 aliphatic carbocycles. The fourth-order valence-corrected chi connectivity index (χ4v) is 2.76. The van der Waals surface area contributed by atoms with Crippen LogP contribution < -0.4 is 15.8 Å². The second kappa shape index (κ2) is 6.39. The highest BCUT2D eigenvalue weighted by molar-refractivity contribution is 9.10. The minimum atomic E-state index is -0.277. The number of hydrogen-bond donors (Lipinski definition) is 2. The molecule has 0 spiro atoms. The van der Waals surface area contributed by atoms with Gasteiger partial charge in [-0.3, -0.25) is 4.79 Å². The van der Waals surface area contributed by atoms with Crippen LogP contribution in [0.25, 0.3) is 0 Å². The number of carbonyl (C=O) groups is 1. The summed E-state index contributed by atoms with van der Waals surface area (Å²) in [5.74, 6) is 0.636. The Morgan fingerprint density at radius 1 is 1.63 bits per heavy atom. The van der Waals surface area contributed by atoms with Crippen LogP contribution in [-0.4, -0.2) is 18.6 Å². The summed E-state index contributed by atoms with van der Waals surface area (Å²) in [6.07, 6.45) is 2.34. The molecule has 5 heteroatoms. The summed E-state index contributed by atoms with van der Waals surface area (Å²) in [4.78, 5) is 11.0. The van der Waals surface area contributed by atoms with Crippen LogP contribution in [0.3, 0.4) is 0 Å². The van der Waals surface area contributed by atoms with E-state index in [9.17, 15) is 4.79 Å². The molecule has 0 aromatic heterocycles. The maximum atomic E-state index is 11.0. The molecule has 1 amide bonds. The molecule has 1 aliphatic heterocycles. The zero-order chi connectivity index (χ0) is 13.8. The van der Waals surface area contributed by atoms with Crippen molar-refractivity contribution >= 4 is 21.8 Å². The molecule has 2 rings (SSSR count). The lowest BCUT2D eigenvalue weighted by Gasteiger charge is -2.22. The Kier molecular flexibility index (Phi) is 4.82. The zero-order valence-electron chi connectivity index (χ0n) is 11.0. The number of rotatable bonds is 4. The van der Waals surface area contributed by atoms with Crippen molar-refractivity contribution in [3.63, 3.8) is 0 Å². The van der Waals surface area contributed by atoms with Crippen molar-refractivity contribution < 1.29 is 9.53 Å². The normalized spacial score (nSPS) is 20.0. The first-order valence-corrected chi connectivity index (χ1v) is 7.32. The molecule has 1 aromatic carbocycles. The van der Waals surface area contributed by atoms with Crippen molar-refractivity contribution in [3.05, 3.63) is 28.2 Å². The number of amides is 1. The van der Waals surface area contributed by atoms with Crippen molar-refractivity contribution in [1.82, 2.24) is 5.32 Å². The van der Waals surface area contributed by atoms with Gasteiger partial charge < -0.3 is 15.8 Å². The van der Waals surface area contributed by atoms with Gasteiger partial charge in [0.1, 0.15) is 5.75 Å². The van der Waals surface area contributed by atoms with Gasteiger partial charge in [0.15, 0.2) is 0 Å². The summed E-state index contributed by atoms with van der Waals surface area (Å²) in [6.45, 7) is 2.71. The van der Waals surface area contributed by atoms with Gasteiger partial charge in [0.2, 0.25) is 5.91 Å². The van der Waals surface area contributed by atoms with Crippen molar-refractivity contribution in [2.24, 2.45) is 5.73 Å². The van der Waals surface area contributed by atoms with Crippen LogP contribution in [0.15, 0.2) is 22.7 Å². The number of carbonyl (C=O) groups excluding carboxylic acids is 1. The molecule has 0 bridgehead atoms. The molecule has 2 atom stereocenters. The minimum Gasteiger partial charge on any atom is -0.493 e. The molecule has 0 saturated heterocycles. The largest absolute Gasteiger partial charge is 0.493 e. The predicted molar refractivity (Wildman–Crippen MR) is 78.0 cm³/mol. The van der Waals surface area contributed by atoms with E-state index in [2.05, 4.69) is 27.3 Å². The third-order valence-corrected chi connectivity index (χ3v) is 3.73. The Bertz CT molecular complexity index is 465. The van der Waals surface area contributed by atoms with Crippen LogP contribution >= 0.6 is 15.9 Å². The molecular formula is C14H19BrN2O2. The first kappa shape index (κ1) is 14.3. The number of nitrogens with one attached hydrogen (secondary N) is 1. The van der Waals surface area contributed by atoms with Crippen molar-refractivity contribution in [1.29, 1.82) is 0 Å². The van der Waals surface area contributed by atoms with Gasteiger partial charge in [0.25, 0.3) is 0 Å². The van der Waals surface area contributed by atoms with E-state index < -0.39 is 0 Å². The van der Waals surface area contributed by atoms with Gasteiger partial charge in [0, 0.05) is 28.5 Å². The summed E-state index contributed by atoms with van der Waals surface area (Å²) in [7, 11) is 0. The van der Waals surface area contributed by atoms with E-state index in [4.69, 9.17) is 10.5 Å². The van der Waals surface area contributed by atoms with E-state index in [1.54, 1.807) is 0 Å². The Morgan fingerprint density at radius 3 is 3.16 bits per heavy atom. The zero-order valence-corrected chi connectivity index (χ0v) is 12.6. The smallest absolute Gasteiger partial charge is 0.218 e. The van der Waals surface area contributed by atoms with Gasteiger partial charge in [0.05, 0.1) is 6.61 Å². The lowest BCUT2D eigenvalue weighted by molar-refractivity contribution is -0.118. The van der Waals surface area contributed by atoms with Crippen LogP contribution in [0.2, 0.25) is 0 Å². The molecule has 3 N–H and O–H groups in total. The first-order valence-electron chi connectivity index (χ1n) is 6.53. The van der Waals surface area contributed by atoms with Gasteiger partial charge >= 0.3 is 0 Å². The lowest BCUT2D eigenvalue weighted by atomic mass is 10.0. The highest BCUT2D eigenvalue weighted by Crippen LogP contribution is 2.34. The van der Waals surface area contributed by atoms with E-state index >= 15 is 0 Å². The number of ether oxygens (including phenoxy) is 1. The van der Waals surface area contributed by atoms with Crippen LogP contribution in [0.5, 0.6) is 5.75 Å². The van der Waals surface area contributed by atoms with Crippen LogP contribution in [-0.2, 0) is 4.79 Å². The van der Waals surface area contributed by atoms with E-state index in [1.807, 2.05) is 19.1 Å². The van der Waals surface area contributed by atoms with Gasteiger partial charge in [-0.2, -0.15) is 0 Å². The molecule has 2 unspecified atom stereocenters. The SMILES string of the molecule is CC(CC(N)=O)NC1CCCOc2cc(Br)ccc21. The van der Waals surface area contributed by atoms with Gasteiger partial charge in [-0.15, -0.1) is 0 Å². The first-order chi connectivity index (χ1) is 9.06. The number of fused-ring (bicyclic) bond motifs is 1. The molecule has 0 radical (unpaired) electrons. The number of halogens is 1. The Hall–Kier alpha value is -1.07. The summed E-state index contributed by atoms with van der Waals surface area (Å²) < 4.78 is 6.77. The number of primary amides is 1. The highest BCUT2D eigenvalue weighted by atomic mass is 79.9. The fraction of sp³-hybridized carbons (Fsp3) is 0.500. The standard InChI is InChI=1S/C14H19BrN2O2/c1-9(7-14(16)18)17-12-3-2-6-19-13-8-10(15)4-5-11(12)13/h4-5,8-9,12,17H,2-3,6-7H2,1H3,(H2,16,18). The van der Waals surface area contributed by atoms with E-state index in [1.165, 1.54) is 0 Å². The van der Waals surface area contributed by atoms with Gasteiger partial charge in [-0.25, -0.2) is 0 Å². The molecule has 1 aliphatic rings. The second-order valence-electron chi connectivity index (χ2n) is 4.96. The van der Waals surface area contributed by atoms with Gasteiger partial charge in [-0.1, -0.05) is 22.0 Å². The second-order valence-corrected chi connectivity index (χ2v) is 5.88. The average molecular weight is 327 g/mol. The quantitative estimate of drug-likeness (QED) is 0.893. The number of hydrogen-bond acceptors (Lipinski definition) is 3. The maximum Gasteiger partial charge on any atom is 0.218 e. The molecule has 4 nitrogen and oxygen atoms in total. The molecule has 0 saturated carbocycles. The topological polar surface area (TPSA) is 64.4 Å². The highest BCUT2D eigenvalue weighted by Gasteiger charge is 2.21. The van der Waals surface area contributed by atoms with E-state index in [-0.39, 0.29) is 18.0 Å². The van der Waals surface area contributed by atoms with Crippen LogP contribution in [0.4, 0.5) is 0 Å². The molecule has 19 heavy (non-hydrogen) atoms. The lowest BCUT2D eigenvalue weighted by Crippen LogP contribution is -2.34. The molecule has 1 aromatic rings. The Balaban J connectivity index is 2.15. The Morgan fingerprint density at radius 2 is 2.42 bits per heavy atom. The molecule has 104 valence electrons. The average Bonchev–Trinajstić information content (AvgIpc) is 2.50. The Labute approximate surface area is 121 Å².